The van der Waals surface area contributed by atoms with Gasteiger partial charge in [0.2, 0.25) is 0 Å². The number of rotatable bonds is 8. The van der Waals surface area contributed by atoms with E-state index in [4.69, 9.17) is 9.47 Å². The molecule has 0 saturated heterocycles. The van der Waals surface area contributed by atoms with Crippen molar-refractivity contribution in [2.45, 2.75) is 13.5 Å². The van der Waals surface area contributed by atoms with E-state index in [1.165, 1.54) is 24.4 Å². The standard InChI is InChI=1S/C23H21N3O5/c1-16-12-19(9-10-20(16)26(28)29)23(27)25-24-14-18-8-11-21(22(13-18)30-2)31-15-17-6-4-3-5-7-17/h3-14H,15H2,1-2H3,(H,25,27). The highest BCUT2D eigenvalue weighted by Crippen LogP contribution is 2.28. The van der Waals surface area contributed by atoms with Crippen LogP contribution < -0.4 is 14.9 Å². The van der Waals surface area contributed by atoms with Crippen LogP contribution in [0.25, 0.3) is 0 Å². The van der Waals surface area contributed by atoms with E-state index in [0.717, 1.165) is 5.56 Å². The lowest BCUT2D eigenvalue weighted by Gasteiger charge is -2.11. The highest BCUT2D eigenvalue weighted by molar-refractivity contribution is 5.95. The van der Waals surface area contributed by atoms with Crippen molar-refractivity contribution in [2.75, 3.05) is 7.11 Å². The predicted octanol–water partition coefficient (Wildman–Crippen LogP) is 4.25. The second-order valence-electron chi connectivity index (χ2n) is 6.64. The van der Waals surface area contributed by atoms with Gasteiger partial charge in [0.25, 0.3) is 11.6 Å². The molecule has 158 valence electrons. The summed E-state index contributed by atoms with van der Waals surface area (Å²) in [5, 5.41) is 14.8. The number of nitrogens with zero attached hydrogens (tertiary/aromatic N) is 2. The SMILES string of the molecule is COc1cc(C=NNC(=O)c2ccc([N+](=O)[O-])c(C)c2)ccc1OCc1ccccc1. The molecule has 1 N–H and O–H groups in total. The quantitative estimate of drug-likeness (QED) is 0.334. The van der Waals surface area contributed by atoms with Crippen molar-refractivity contribution in [2.24, 2.45) is 5.10 Å². The molecule has 0 aliphatic rings. The second kappa shape index (κ2) is 10.0. The first-order chi connectivity index (χ1) is 15.0. The normalized spacial score (nSPS) is 10.6. The largest absolute Gasteiger partial charge is 0.493 e. The third-order valence-corrected chi connectivity index (χ3v) is 4.46. The summed E-state index contributed by atoms with van der Waals surface area (Å²) in [4.78, 5) is 22.6. The maximum absolute atomic E-state index is 12.2. The van der Waals surface area contributed by atoms with Crippen LogP contribution in [-0.2, 0) is 6.61 Å². The van der Waals surface area contributed by atoms with Crippen LogP contribution in [0.1, 0.15) is 27.0 Å². The monoisotopic (exact) mass is 419 g/mol. The zero-order valence-electron chi connectivity index (χ0n) is 17.1. The van der Waals surface area contributed by atoms with Gasteiger partial charge < -0.3 is 9.47 Å². The summed E-state index contributed by atoms with van der Waals surface area (Å²) in [5.41, 5.74) is 4.79. The number of ether oxygens (including phenoxy) is 2. The summed E-state index contributed by atoms with van der Waals surface area (Å²) in [5.74, 6) is 0.662. The van der Waals surface area contributed by atoms with Crippen LogP contribution in [0.5, 0.6) is 11.5 Å². The summed E-state index contributed by atoms with van der Waals surface area (Å²) in [6.45, 7) is 1.99. The fraction of sp³-hybridized carbons (Fsp3) is 0.130. The molecule has 31 heavy (non-hydrogen) atoms. The number of carbonyl (C=O) groups is 1. The molecule has 8 nitrogen and oxygen atoms in total. The van der Waals surface area contributed by atoms with E-state index in [1.807, 2.05) is 30.3 Å². The number of nitrogens with one attached hydrogen (secondary N) is 1. The number of amides is 1. The summed E-state index contributed by atoms with van der Waals surface area (Å²) < 4.78 is 11.2. The third kappa shape index (κ3) is 5.66. The van der Waals surface area contributed by atoms with Gasteiger partial charge in [-0.25, -0.2) is 5.43 Å². The van der Waals surface area contributed by atoms with E-state index in [9.17, 15) is 14.9 Å². The van der Waals surface area contributed by atoms with Gasteiger partial charge in [0.05, 0.1) is 18.2 Å². The lowest BCUT2D eigenvalue weighted by atomic mass is 10.1. The fourth-order valence-corrected chi connectivity index (χ4v) is 2.85. The number of hydrogen-bond donors (Lipinski definition) is 1. The molecule has 3 rings (SSSR count). The molecule has 0 atom stereocenters. The highest BCUT2D eigenvalue weighted by Gasteiger charge is 2.13. The minimum absolute atomic E-state index is 0.0401. The summed E-state index contributed by atoms with van der Waals surface area (Å²) >= 11 is 0. The first-order valence-electron chi connectivity index (χ1n) is 9.41. The Kier molecular flexibility index (Phi) is 6.95. The Morgan fingerprint density at radius 3 is 2.55 bits per heavy atom. The molecule has 8 heteroatoms. The lowest BCUT2D eigenvalue weighted by molar-refractivity contribution is -0.385. The molecule has 0 heterocycles. The number of carbonyl (C=O) groups excluding carboxylic acids is 1. The number of nitro groups is 1. The number of nitro benzene ring substituents is 1. The average Bonchev–Trinajstić information content (AvgIpc) is 2.78. The zero-order valence-corrected chi connectivity index (χ0v) is 17.1. The molecule has 3 aromatic carbocycles. The minimum Gasteiger partial charge on any atom is -0.493 e. The van der Waals surface area contributed by atoms with Crippen molar-refractivity contribution in [3.05, 3.63) is 99.1 Å². The van der Waals surface area contributed by atoms with E-state index >= 15 is 0 Å². The van der Waals surface area contributed by atoms with Crippen LogP contribution in [0.15, 0.2) is 71.8 Å². The maximum atomic E-state index is 12.2. The van der Waals surface area contributed by atoms with Crippen LogP contribution in [0.2, 0.25) is 0 Å². The van der Waals surface area contributed by atoms with Crippen molar-refractivity contribution in [1.82, 2.24) is 5.43 Å². The molecular formula is C23H21N3O5. The van der Waals surface area contributed by atoms with Crippen LogP contribution >= 0.6 is 0 Å². The Labute approximate surface area is 179 Å². The third-order valence-electron chi connectivity index (χ3n) is 4.46. The topological polar surface area (TPSA) is 103 Å². The molecule has 0 radical (unpaired) electrons. The molecule has 1 amide bonds. The number of hydrazone groups is 1. The van der Waals surface area contributed by atoms with Gasteiger partial charge in [-0.2, -0.15) is 5.10 Å². The van der Waals surface area contributed by atoms with Gasteiger partial charge >= 0.3 is 0 Å². The van der Waals surface area contributed by atoms with Crippen molar-refractivity contribution >= 4 is 17.8 Å². The van der Waals surface area contributed by atoms with Gasteiger partial charge in [0.15, 0.2) is 11.5 Å². The van der Waals surface area contributed by atoms with Gasteiger partial charge in [-0.05, 0) is 48.4 Å². The Bertz CT molecular complexity index is 1110. The molecular weight excluding hydrogens is 398 g/mol. The van der Waals surface area contributed by atoms with Crippen LogP contribution in [0.3, 0.4) is 0 Å². The maximum Gasteiger partial charge on any atom is 0.272 e. The van der Waals surface area contributed by atoms with Gasteiger partial charge in [-0.3, -0.25) is 14.9 Å². The molecule has 0 unspecified atom stereocenters. The van der Waals surface area contributed by atoms with Gasteiger partial charge in [0, 0.05) is 17.2 Å². The van der Waals surface area contributed by atoms with E-state index in [1.54, 1.807) is 32.2 Å². The van der Waals surface area contributed by atoms with Crippen molar-refractivity contribution < 1.29 is 19.2 Å². The van der Waals surface area contributed by atoms with Crippen LogP contribution in [0.4, 0.5) is 5.69 Å². The van der Waals surface area contributed by atoms with Crippen molar-refractivity contribution in [3.63, 3.8) is 0 Å². The van der Waals surface area contributed by atoms with Crippen LogP contribution in [0, 0.1) is 17.0 Å². The van der Waals surface area contributed by atoms with Gasteiger partial charge in [-0.1, -0.05) is 30.3 Å². The van der Waals surface area contributed by atoms with E-state index in [0.29, 0.717) is 29.2 Å². The Hall–Kier alpha value is -4.20. The predicted molar refractivity (Wildman–Crippen MR) is 117 cm³/mol. The first-order valence-corrected chi connectivity index (χ1v) is 9.41. The molecule has 0 fully saturated rings. The highest BCUT2D eigenvalue weighted by atomic mass is 16.6. The molecule has 0 bridgehead atoms. The van der Waals surface area contributed by atoms with Gasteiger partial charge in [0.1, 0.15) is 6.61 Å². The molecule has 3 aromatic rings. The first kappa shape index (κ1) is 21.5. The summed E-state index contributed by atoms with van der Waals surface area (Å²) in [6, 6.07) is 19.2. The van der Waals surface area contributed by atoms with Crippen molar-refractivity contribution in [1.29, 1.82) is 0 Å². The minimum atomic E-state index is -0.490. The Morgan fingerprint density at radius 1 is 1.10 bits per heavy atom. The van der Waals surface area contributed by atoms with E-state index in [-0.39, 0.29) is 11.3 Å². The molecule has 0 aromatic heterocycles. The smallest absolute Gasteiger partial charge is 0.272 e. The number of hydrogen-bond acceptors (Lipinski definition) is 6. The fourth-order valence-electron chi connectivity index (χ4n) is 2.85. The number of benzene rings is 3. The Morgan fingerprint density at radius 2 is 1.87 bits per heavy atom. The van der Waals surface area contributed by atoms with Crippen LogP contribution in [-0.4, -0.2) is 24.2 Å². The Balaban J connectivity index is 1.63. The molecule has 0 saturated carbocycles. The number of aryl methyl sites for hydroxylation is 1. The van der Waals surface area contributed by atoms with E-state index < -0.39 is 10.8 Å². The zero-order chi connectivity index (χ0) is 22.2. The average molecular weight is 419 g/mol. The number of methoxy groups -OCH3 is 1. The summed E-state index contributed by atoms with van der Waals surface area (Å²) in [7, 11) is 1.55. The van der Waals surface area contributed by atoms with E-state index in [2.05, 4.69) is 10.5 Å². The van der Waals surface area contributed by atoms with Crippen molar-refractivity contribution in [3.8, 4) is 11.5 Å². The lowest BCUT2D eigenvalue weighted by Crippen LogP contribution is -2.17. The molecule has 0 aliphatic carbocycles. The summed E-state index contributed by atoms with van der Waals surface area (Å²) in [6.07, 6.45) is 1.47. The second-order valence-corrected chi connectivity index (χ2v) is 6.64. The molecule has 0 spiro atoms. The molecule has 0 aliphatic heterocycles. The van der Waals surface area contributed by atoms with Gasteiger partial charge in [-0.15, -0.1) is 0 Å².